The Bertz CT molecular complexity index is 484. The first-order chi connectivity index (χ1) is 9.61. The molecule has 1 aliphatic rings. The smallest absolute Gasteiger partial charge is 0.414 e. The molecule has 0 aliphatic carbocycles. The molecule has 2 amide bonds. The van der Waals surface area contributed by atoms with Crippen LogP contribution in [0.2, 0.25) is 0 Å². The highest BCUT2D eigenvalue weighted by atomic mass is 16.6. The fraction of sp³-hybridized carbons (Fsp3) is 0.467. The maximum absolute atomic E-state index is 11.7. The van der Waals surface area contributed by atoms with Crippen molar-refractivity contribution in [1.29, 1.82) is 0 Å². The van der Waals surface area contributed by atoms with E-state index in [-0.39, 0.29) is 17.9 Å². The van der Waals surface area contributed by atoms with Gasteiger partial charge in [0, 0.05) is 18.2 Å². The lowest BCUT2D eigenvalue weighted by atomic mass is 10.1. The van der Waals surface area contributed by atoms with Crippen molar-refractivity contribution in [3.05, 3.63) is 29.8 Å². The molecule has 0 spiro atoms. The van der Waals surface area contributed by atoms with Gasteiger partial charge in [-0.25, -0.2) is 4.79 Å². The summed E-state index contributed by atoms with van der Waals surface area (Å²) in [5.74, 6) is 0.105. The van der Waals surface area contributed by atoms with E-state index in [0.29, 0.717) is 19.7 Å². The maximum atomic E-state index is 11.7. The van der Waals surface area contributed by atoms with Crippen molar-refractivity contribution >= 4 is 17.7 Å². The highest BCUT2D eigenvalue weighted by molar-refractivity contribution is 5.89. The van der Waals surface area contributed by atoms with Crippen molar-refractivity contribution in [2.75, 3.05) is 18.1 Å². The van der Waals surface area contributed by atoms with E-state index in [1.807, 2.05) is 38.1 Å². The van der Waals surface area contributed by atoms with Gasteiger partial charge >= 0.3 is 6.09 Å². The number of hydrogen-bond donors (Lipinski definition) is 1. The van der Waals surface area contributed by atoms with Crippen LogP contribution in [0.3, 0.4) is 0 Å². The Morgan fingerprint density at radius 2 is 2.10 bits per heavy atom. The van der Waals surface area contributed by atoms with Crippen LogP contribution in [0.25, 0.3) is 0 Å². The quantitative estimate of drug-likeness (QED) is 0.897. The van der Waals surface area contributed by atoms with Gasteiger partial charge in [-0.15, -0.1) is 0 Å². The summed E-state index contributed by atoms with van der Waals surface area (Å²) in [5, 5.41) is 2.90. The number of rotatable bonds is 5. The van der Waals surface area contributed by atoms with Gasteiger partial charge in [0.2, 0.25) is 5.91 Å². The maximum Gasteiger partial charge on any atom is 0.414 e. The van der Waals surface area contributed by atoms with Crippen molar-refractivity contribution in [3.8, 4) is 0 Å². The van der Waals surface area contributed by atoms with E-state index in [4.69, 9.17) is 4.74 Å². The van der Waals surface area contributed by atoms with Crippen LogP contribution >= 0.6 is 0 Å². The fourth-order valence-corrected chi connectivity index (χ4v) is 1.97. The van der Waals surface area contributed by atoms with E-state index in [0.717, 1.165) is 17.7 Å². The predicted molar refractivity (Wildman–Crippen MR) is 76.4 cm³/mol. The SMILES string of the molecule is CC[C@H](C)C(=O)NCc1ccc(N2CCOC2=O)cc1. The molecule has 1 aliphatic heterocycles. The lowest BCUT2D eigenvalue weighted by Gasteiger charge is -2.14. The third-order valence-electron chi connectivity index (χ3n) is 3.54. The van der Waals surface area contributed by atoms with Crippen LogP contribution in [0.4, 0.5) is 10.5 Å². The molecule has 0 aromatic heterocycles. The molecule has 5 heteroatoms. The molecule has 2 rings (SSSR count). The van der Waals surface area contributed by atoms with Gasteiger partial charge in [-0.3, -0.25) is 9.69 Å². The zero-order valence-electron chi connectivity index (χ0n) is 11.9. The van der Waals surface area contributed by atoms with Crippen molar-refractivity contribution in [2.45, 2.75) is 26.8 Å². The molecular formula is C15H20N2O3. The predicted octanol–water partition coefficient (Wildman–Crippen LogP) is 2.31. The third kappa shape index (κ3) is 3.29. The lowest BCUT2D eigenvalue weighted by molar-refractivity contribution is -0.124. The van der Waals surface area contributed by atoms with Crippen LogP contribution in [0, 0.1) is 5.92 Å². The zero-order valence-corrected chi connectivity index (χ0v) is 11.9. The number of nitrogens with zero attached hydrogens (tertiary/aromatic N) is 1. The van der Waals surface area contributed by atoms with Crippen LogP contribution in [-0.4, -0.2) is 25.2 Å². The number of cyclic esters (lactones) is 1. The highest BCUT2D eigenvalue weighted by Crippen LogP contribution is 2.19. The average molecular weight is 276 g/mol. The van der Waals surface area contributed by atoms with Gasteiger partial charge in [0.1, 0.15) is 6.61 Å². The summed E-state index contributed by atoms with van der Waals surface area (Å²) in [6.07, 6.45) is 0.532. The summed E-state index contributed by atoms with van der Waals surface area (Å²) in [5.41, 5.74) is 1.84. The van der Waals surface area contributed by atoms with E-state index in [1.54, 1.807) is 4.90 Å². The first-order valence-corrected chi connectivity index (χ1v) is 6.92. The number of benzene rings is 1. The Labute approximate surface area is 118 Å². The van der Waals surface area contributed by atoms with Gasteiger partial charge in [-0.2, -0.15) is 0 Å². The Kier molecular flexibility index (Phi) is 4.61. The molecular weight excluding hydrogens is 256 g/mol. The Hall–Kier alpha value is -2.04. The Balaban J connectivity index is 1.92. The fourth-order valence-electron chi connectivity index (χ4n) is 1.97. The molecule has 0 saturated carbocycles. The van der Waals surface area contributed by atoms with Gasteiger partial charge in [0.05, 0.1) is 6.54 Å². The minimum atomic E-state index is -0.303. The summed E-state index contributed by atoms with van der Waals surface area (Å²) in [4.78, 5) is 24.7. The van der Waals surface area contributed by atoms with Gasteiger partial charge < -0.3 is 10.1 Å². The molecule has 1 fully saturated rings. The molecule has 0 radical (unpaired) electrons. The minimum Gasteiger partial charge on any atom is -0.447 e. The summed E-state index contributed by atoms with van der Waals surface area (Å²) in [6.45, 7) is 5.44. The molecule has 20 heavy (non-hydrogen) atoms. The molecule has 1 atom stereocenters. The first-order valence-electron chi connectivity index (χ1n) is 6.92. The van der Waals surface area contributed by atoms with Crippen LogP contribution in [0.15, 0.2) is 24.3 Å². The topological polar surface area (TPSA) is 58.6 Å². The van der Waals surface area contributed by atoms with Crippen LogP contribution < -0.4 is 10.2 Å². The highest BCUT2D eigenvalue weighted by Gasteiger charge is 2.23. The van der Waals surface area contributed by atoms with E-state index < -0.39 is 0 Å². The second-order valence-electron chi connectivity index (χ2n) is 4.96. The van der Waals surface area contributed by atoms with Crippen molar-refractivity contribution in [1.82, 2.24) is 5.32 Å². The number of hydrogen-bond acceptors (Lipinski definition) is 3. The molecule has 1 saturated heterocycles. The monoisotopic (exact) mass is 276 g/mol. The van der Waals surface area contributed by atoms with E-state index >= 15 is 0 Å². The largest absolute Gasteiger partial charge is 0.447 e. The van der Waals surface area contributed by atoms with Gasteiger partial charge in [-0.1, -0.05) is 26.0 Å². The van der Waals surface area contributed by atoms with Crippen molar-refractivity contribution < 1.29 is 14.3 Å². The van der Waals surface area contributed by atoms with E-state index in [1.165, 1.54) is 0 Å². The number of nitrogens with one attached hydrogen (secondary N) is 1. The molecule has 5 nitrogen and oxygen atoms in total. The normalized spacial score (nSPS) is 15.9. The van der Waals surface area contributed by atoms with E-state index in [9.17, 15) is 9.59 Å². The molecule has 0 unspecified atom stereocenters. The molecule has 1 aromatic carbocycles. The number of carbonyl (C=O) groups excluding carboxylic acids is 2. The third-order valence-corrected chi connectivity index (χ3v) is 3.54. The number of carbonyl (C=O) groups is 2. The average Bonchev–Trinajstić information content (AvgIpc) is 2.90. The minimum absolute atomic E-state index is 0.0358. The van der Waals surface area contributed by atoms with Gasteiger partial charge in [0.25, 0.3) is 0 Å². The van der Waals surface area contributed by atoms with Crippen LogP contribution in [0.5, 0.6) is 0 Å². The lowest BCUT2D eigenvalue weighted by Crippen LogP contribution is -2.28. The standard InChI is InChI=1S/C15H20N2O3/c1-3-11(2)14(18)16-10-12-4-6-13(7-5-12)17-8-9-20-15(17)19/h4-7,11H,3,8-10H2,1-2H3,(H,16,18)/t11-/m0/s1. The second kappa shape index (κ2) is 6.41. The molecule has 1 N–H and O–H groups in total. The van der Waals surface area contributed by atoms with Crippen LogP contribution in [-0.2, 0) is 16.1 Å². The van der Waals surface area contributed by atoms with Crippen LogP contribution in [0.1, 0.15) is 25.8 Å². The molecule has 1 heterocycles. The summed E-state index contributed by atoms with van der Waals surface area (Å²) in [7, 11) is 0. The summed E-state index contributed by atoms with van der Waals surface area (Å²) < 4.78 is 4.90. The zero-order chi connectivity index (χ0) is 14.5. The van der Waals surface area contributed by atoms with Gasteiger partial charge in [0.15, 0.2) is 0 Å². The molecule has 108 valence electrons. The summed E-state index contributed by atoms with van der Waals surface area (Å²) >= 11 is 0. The number of ether oxygens (including phenoxy) is 1. The first kappa shape index (κ1) is 14.4. The van der Waals surface area contributed by atoms with Gasteiger partial charge in [-0.05, 0) is 24.1 Å². The Morgan fingerprint density at radius 3 is 2.65 bits per heavy atom. The summed E-state index contributed by atoms with van der Waals surface area (Å²) in [6, 6.07) is 7.57. The molecule has 1 aromatic rings. The number of anilines is 1. The number of amides is 2. The van der Waals surface area contributed by atoms with E-state index in [2.05, 4.69) is 5.32 Å². The van der Waals surface area contributed by atoms with Crippen molar-refractivity contribution in [2.24, 2.45) is 5.92 Å². The van der Waals surface area contributed by atoms with Crippen molar-refractivity contribution in [3.63, 3.8) is 0 Å². The second-order valence-corrected chi connectivity index (χ2v) is 4.96. The Morgan fingerprint density at radius 1 is 1.40 bits per heavy atom. The molecule has 0 bridgehead atoms.